The van der Waals surface area contributed by atoms with Crippen molar-refractivity contribution in [1.82, 2.24) is 19.4 Å². The second-order valence-corrected chi connectivity index (χ2v) is 19.1. The molecule has 288 valence electrons. The van der Waals surface area contributed by atoms with Crippen LogP contribution in [0.3, 0.4) is 0 Å². The molecule has 0 aromatic heterocycles. The fourth-order valence-corrected chi connectivity index (χ4v) is 11.2. The molecule has 12 heteroatoms. The van der Waals surface area contributed by atoms with E-state index in [1.165, 1.54) is 23.9 Å². The van der Waals surface area contributed by atoms with E-state index in [4.69, 9.17) is 27.9 Å². The minimum absolute atomic E-state index is 0.0559. The zero-order valence-corrected chi connectivity index (χ0v) is 33.9. The third kappa shape index (κ3) is 8.73. The summed E-state index contributed by atoms with van der Waals surface area (Å²) in [5, 5.41) is 4.23. The van der Waals surface area contributed by atoms with E-state index < -0.39 is 21.9 Å². The molecule has 3 aromatic rings. The molecule has 0 spiro atoms. The number of methoxy groups -OCH3 is 1. The van der Waals surface area contributed by atoms with Crippen molar-refractivity contribution in [2.75, 3.05) is 33.5 Å². The molecule has 1 saturated heterocycles. The second-order valence-electron chi connectivity index (χ2n) is 16.3. The van der Waals surface area contributed by atoms with E-state index >= 15 is 4.39 Å². The molecule has 7 rings (SSSR count). The number of fused-ring (bicyclic) bond motifs is 2. The van der Waals surface area contributed by atoms with Gasteiger partial charge in [0.05, 0.1) is 12.9 Å². The van der Waals surface area contributed by atoms with Crippen molar-refractivity contribution >= 4 is 39.1 Å². The van der Waals surface area contributed by atoms with Gasteiger partial charge in [-0.15, -0.1) is 0 Å². The van der Waals surface area contributed by atoms with Crippen LogP contribution in [-0.2, 0) is 40.9 Å². The van der Waals surface area contributed by atoms with Crippen LogP contribution in [-0.4, -0.2) is 80.1 Å². The Bertz CT molecular complexity index is 1910. The Morgan fingerprint density at radius 1 is 1.04 bits per heavy atom. The molecule has 4 aliphatic rings. The molecule has 8 nitrogen and oxygen atoms in total. The van der Waals surface area contributed by atoms with Gasteiger partial charge in [-0.3, -0.25) is 9.69 Å². The number of nitrogens with one attached hydrogen (secondary N) is 1. The van der Waals surface area contributed by atoms with Gasteiger partial charge in [0.25, 0.3) is 0 Å². The van der Waals surface area contributed by atoms with Gasteiger partial charge in [-0.2, -0.15) is 4.31 Å². The predicted molar refractivity (Wildman–Crippen MR) is 210 cm³/mol. The number of benzene rings is 3. The highest BCUT2D eigenvalue weighted by Gasteiger charge is 2.56. The summed E-state index contributed by atoms with van der Waals surface area (Å²) in [6, 6.07) is 17.9. The standard InChI is InChI=1S/C41H53Cl2FN4O4S/c1-26-34-20-30(41(34,2)3)21-36(26)45-40(49)37-15-16-53(50,51)48(37)23-29-11-7-10-28(17-29)22-47(25-33-35(43)13-14-38(52-6)39(33)44)32(24-46(4)5)19-27-9-8-12-31(42)18-27/h7-14,17-18,26,30,32,34,36-37H,15-16,19-25H2,1-6H3,(H,45,49)/t26-,30-,32-,34+,36-,37?/m0/s1. The first-order valence-electron chi connectivity index (χ1n) is 18.6. The fourth-order valence-electron chi connectivity index (χ4n) is 9.11. The summed E-state index contributed by atoms with van der Waals surface area (Å²) >= 11 is 13.0. The molecule has 3 aromatic carbocycles. The number of carbonyl (C=O) groups excluding carboxylic acids is 1. The molecule has 0 radical (unpaired) electrons. The number of amides is 1. The Morgan fingerprint density at radius 2 is 1.75 bits per heavy atom. The lowest BCUT2D eigenvalue weighted by Gasteiger charge is -2.62. The van der Waals surface area contributed by atoms with Gasteiger partial charge in [-0.25, -0.2) is 12.8 Å². The summed E-state index contributed by atoms with van der Waals surface area (Å²) in [7, 11) is 1.81. The SMILES string of the molecule is COc1ccc(Cl)c(CN(Cc2cccc(CN3C(C(=O)N[C@H]4C[C@@H]5C[C@H]([C@@H]4C)C5(C)C)CCS3(=O)=O)c2)[C@@H](Cc2cccc(Cl)c2)CN(C)C)c1F. The number of halogens is 3. The van der Waals surface area contributed by atoms with Crippen molar-refractivity contribution < 1.29 is 22.3 Å². The van der Waals surface area contributed by atoms with Crippen molar-refractivity contribution in [3.63, 3.8) is 0 Å². The van der Waals surface area contributed by atoms with Crippen molar-refractivity contribution in [3.8, 4) is 5.75 Å². The van der Waals surface area contributed by atoms with Crippen molar-refractivity contribution in [1.29, 1.82) is 0 Å². The maximum atomic E-state index is 15.8. The molecule has 2 bridgehead atoms. The van der Waals surface area contributed by atoms with Gasteiger partial charge in [0.15, 0.2) is 11.6 Å². The Hall–Kier alpha value is -2.73. The third-order valence-electron chi connectivity index (χ3n) is 12.2. The highest BCUT2D eigenvalue weighted by Crippen LogP contribution is 2.61. The molecule has 1 heterocycles. The summed E-state index contributed by atoms with van der Waals surface area (Å²) in [5.74, 6) is 0.858. The summed E-state index contributed by atoms with van der Waals surface area (Å²) in [6.45, 7) is 8.25. The first kappa shape index (κ1) is 39.9. The maximum absolute atomic E-state index is 15.8. The Labute approximate surface area is 325 Å². The molecule has 53 heavy (non-hydrogen) atoms. The largest absolute Gasteiger partial charge is 0.494 e. The van der Waals surface area contributed by atoms with Gasteiger partial charge < -0.3 is 15.0 Å². The van der Waals surface area contributed by atoms with E-state index in [-0.39, 0.29) is 49.0 Å². The first-order valence-corrected chi connectivity index (χ1v) is 21.0. The molecular formula is C41H53Cl2FN4O4S. The minimum Gasteiger partial charge on any atom is -0.494 e. The number of hydrogen-bond acceptors (Lipinski definition) is 6. The normalized spacial score (nSPS) is 25.3. The number of hydrogen-bond donors (Lipinski definition) is 1. The van der Waals surface area contributed by atoms with Crippen LogP contribution in [0.2, 0.25) is 10.0 Å². The number of carbonyl (C=O) groups is 1. The molecular weight excluding hydrogens is 734 g/mol. The van der Waals surface area contributed by atoms with E-state index in [2.05, 4.69) is 35.9 Å². The highest BCUT2D eigenvalue weighted by molar-refractivity contribution is 7.89. The smallest absolute Gasteiger partial charge is 0.238 e. The highest BCUT2D eigenvalue weighted by atomic mass is 35.5. The number of nitrogens with zero attached hydrogens (tertiary/aromatic N) is 3. The van der Waals surface area contributed by atoms with Crippen LogP contribution in [0.25, 0.3) is 0 Å². The van der Waals surface area contributed by atoms with Gasteiger partial charge >= 0.3 is 0 Å². The molecule has 6 atom stereocenters. The van der Waals surface area contributed by atoms with E-state index in [1.54, 1.807) is 6.07 Å². The van der Waals surface area contributed by atoms with Crippen molar-refractivity contribution in [2.45, 2.75) is 84.2 Å². The van der Waals surface area contributed by atoms with Gasteiger partial charge in [0, 0.05) is 53.9 Å². The Kier molecular flexibility index (Phi) is 12.2. The average Bonchev–Trinajstić information content (AvgIpc) is 3.39. The molecule has 3 aliphatic carbocycles. The first-order chi connectivity index (χ1) is 25.1. The fraction of sp³-hybridized carbons (Fsp3) is 0.537. The summed E-state index contributed by atoms with van der Waals surface area (Å²) in [4.78, 5) is 18.1. The Balaban J connectivity index is 1.25. The van der Waals surface area contributed by atoms with Crippen LogP contribution in [0.15, 0.2) is 60.7 Å². The van der Waals surface area contributed by atoms with E-state index in [1.807, 2.05) is 62.6 Å². The molecule has 3 saturated carbocycles. The summed E-state index contributed by atoms with van der Waals surface area (Å²) < 4.78 is 49.3. The van der Waals surface area contributed by atoms with Crippen LogP contribution in [0.5, 0.6) is 5.75 Å². The molecule has 1 amide bonds. The lowest BCUT2D eigenvalue weighted by atomic mass is 9.45. The van der Waals surface area contributed by atoms with Gasteiger partial charge in [-0.05, 0) is 104 Å². The van der Waals surface area contributed by atoms with Crippen LogP contribution in [0.4, 0.5) is 4.39 Å². The number of rotatable bonds is 14. The van der Waals surface area contributed by atoms with Crippen molar-refractivity contribution in [3.05, 3.63) is 98.8 Å². The summed E-state index contributed by atoms with van der Waals surface area (Å²) in [6.07, 6.45) is 3.05. The van der Waals surface area contributed by atoms with E-state index in [0.717, 1.165) is 23.1 Å². The predicted octanol–water partition coefficient (Wildman–Crippen LogP) is 7.41. The maximum Gasteiger partial charge on any atom is 0.238 e. The lowest BCUT2D eigenvalue weighted by molar-refractivity contribution is -0.136. The van der Waals surface area contributed by atoms with Gasteiger partial charge in [0.2, 0.25) is 15.9 Å². The molecule has 4 fully saturated rings. The molecule has 1 aliphatic heterocycles. The van der Waals surface area contributed by atoms with Crippen LogP contribution in [0.1, 0.15) is 62.3 Å². The second kappa shape index (κ2) is 16.2. The van der Waals surface area contributed by atoms with Crippen LogP contribution >= 0.6 is 23.2 Å². The van der Waals surface area contributed by atoms with Crippen LogP contribution in [0, 0.1) is 29.0 Å². The lowest BCUT2D eigenvalue weighted by Crippen LogP contribution is -2.61. The number of ether oxygens (including phenoxy) is 1. The van der Waals surface area contributed by atoms with Crippen molar-refractivity contribution in [2.24, 2.45) is 23.2 Å². The van der Waals surface area contributed by atoms with E-state index in [0.29, 0.717) is 58.3 Å². The average molecular weight is 788 g/mol. The number of likely N-dealkylation sites (N-methyl/N-ethyl adjacent to an activating group) is 1. The Morgan fingerprint density at radius 3 is 2.43 bits per heavy atom. The monoisotopic (exact) mass is 786 g/mol. The minimum atomic E-state index is -3.63. The topological polar surface area (TPSA) is 82.2 Å². The zero-order chi connectivity index (χ0) is 38.2. The summed E-state index contributed by atoms with van der Waals surface area (Å²) in [5.41, 5.74) is 3.38. The van der Waals surface area contributed by atoms with Crippen LogP contribution < -0.4 is 10.1 Å². The quantitative estimate of drug-likeness (QED) is 0.184. The van der Waals surface area contributed by atoms with Gasteiger partial charge in [-0.1, -0.05) is 80.4 Å². The third-order valence-corrected chi connectivity index (χ3v) is 14.7. The van der Waals surface area contributed by atoms with Gasteiger partial charge in [0.1, 0.15) is 6.04 Å². The molecule has 1 N–H and O–H groups in total. The zero-order valence-electron chi connectivity index (χ0n) is 31.6. The molecule has 1 unspecified atom stereocenters. The van der Waals surface area contributed by atoms with E-state index in [9.17, 15) is 13.2 Å². The number of sulfonamides is 1.